The Hall–Kier alpha value is -2.70. The number of likely N-dealkylation sites (tertiary alicyclic amines) is 1. The second-order valence-electron chi connectivity index (χ2n) is 8.55. The summed E-state index contributed by atoms with van der Waals surface area (Å²) in [7, 11) is 0. The quantitative estimate of drug-likeness (QED) is 0.622. The van der Waals surface area contributed by atoms with Gasteiger partial charge in [-0.25, -0.2) is 0 Å². The van der Waals surface area contributed by atoms with Crippen LogP contribution in [0.15, 0.2) is 59.1 Å². The van der Waals surface area contributed by atoms with Crippen molar-refractivity contribution in [3.05, 3.63) is 60.2 Å². The van der Waals surface area contributed by atoms with Crippen molar-refractivity contribution in [3.63, 3.8) is 0 Å². The van der Waals surface area contributed by atoms with Crippen LogP contribution in [0.1, 0.15) is 36.0 Å². The van der Waals surface area contributed by atoms with Crippen molar-refractivity contribution in [3.8, 4) is 22.8 Å². The number of aromatic nitrogens is 2. The Morgan fingerprint density at radius 1 is 0.906 bits per heavy atom. The van der Waals surface area contributed by atoms with E-state index in [0.717, 1.165) is 56.4 Å². The summed E-state index contributed by atoms with van der Waals surface area (Å²) in [6.45, 7) is 3.90. The van der Waals surface area contributed by atoms with Gasteiger partial charge in [0.1, 0.15) is 0 Å². The number of carbonyl (C=O) groups is 1. The predicted molar refractivity (Wildman–Crippen MR) is 127 cm³/mol. The summed E-state index contributed by atoms with van der Waals surface area (Å²) in [5, 5.41) is 7.57. The maximum atomic E-state index is 13.4. The van der Waals surface area contributed by atoms with Crippen molar-refractivity contribution < 1.29 is 9.32 Å². The molecule has 168 valence electrons. The van der Waals surface area contributed by atoms with Crippen LogP contribution >= 0.6 is 12.4 Å². The van der Waals surface area contributed by atoms with Gasteiger partial charge in [-0.15, -0.1) is 12.4 Å². The zero-order valence-corrected chi connectivity index (χ0v) is 18.9. The first-order valence-corrected chi connectivity index (χ1v) is 11.3. The summed E-state index contributed by atoms with van der Waals surface area (Å²) in [5.74, 6) is 2.51. The van der Waals surface area contributed by atoms with Crippen molar-refractivity contribution >= 4 is 18.3 Å². The zero-order chi connectivity index (χ0) is 21.0. The molecule has 2 saturated heterocycles. The summed E-state index contributed by atoms with van der Waals surface area (Å²) >= 11 is 0. The van der Waals surface area contributed by atoms with Crippen molar-refractivity contribution in [1.82, 2.24) is 20.4 Å². The Morgan fingerprint density at radius 3 is 2.31 bits per heavy atom. The van der Waals surface area contributed by atoms with Gasteiger partial charge in [-0.1, -0.05) is 47.6 Å². The van der Waals surface area contributed by atoms with Crippen LogP contribution in [0.4, 0.5) is 0 Å². The van der Waals surface area contributed by atoms with Gasteiger partial charge in [0.05, 0.1) is 11.1 Å². The molecule has 1 aromatic heterocycles. The summed E-state index contributed by atoms with van der Waals surface area (Å²) in [6.07, 6.45) is 4.72. The van der Waals surface area contributed by atoms with Gasteiger partial charge < -0.3 is 14.7 Å². The average Bonchev–Trinajstić information content (AvgIpc) is 3.35. The van der Waals surface area contributed by atoms with E-state index >= 15 is 0 Å². The number of hydrogen-bond acceptors (Lipinski definition) is 5. The fourth-order valence-electron chi connectivity index (χ4n) is 4.95. The van der Waals surface area contributed by atoms with Crippen LogP contribution in [0.25, 0.3) is 22.8 Å². The first-order chi connectivity index (χ1) is 15.3. The van der Waals surface area contributed by atoms with E-state index in [-0.39, 0.29) is 18.3 Å². The molecule has 6 nitrogen and oxygen atoms in total. The molecular formula is C25H29ClN4O2. The summed E-state index contributed by atoms with van der Waals surface area (Å²) < 4.78 is 5.54. The van der Waals surface area contributed by atoms with Gasteiger partial charge in [0, 0.05) is 18.7 Å². The van der Waals surface area contributed by atoms with Crippen molar-refractivity contribution in [1.29, 1.82) is 0 Å². The standard InChI is InChI=1S/C25H28N4O2.ClH/c30-25(29-16-12-19(13-17-29)18-10-14-26-15-11-18)22-9-5-4-8-21(22)24-27-23(28-31-24)20-6-2-1-3-7-20;/h1-9,18-19,26H,10-17H2;1H. The largest absolute Gasteiger partial charge is 0.339 e. The molecule has 0 bridgehead atoms. The molecule has 0 spiro atoms. The summed E-state index contributed by atoms with van der Waals surface area (Å²) in [5.41, 5.74) is 2.22. The Bertz CT molecular complexity index is 1030. The molecule has 2 aromatic carbocycles. The minimum absolute atomic E-state index is 0. The number of nitrogens with one attached hydrogen (secondary N) is 1. The first-order valence-electron chi connectivity index (χ1n) is 11.3. The number of carbonyl (C=O) groups excluding carboxylic acids is 1. The predicted octanol–water partition coefficient (Wildman–Crippen LogP) is 4.68. The average molecular weight is 453 g/mol. The molecule has 2 aliphatic rings. The van der Waals surface area contributed by atoms with E-state index in [2.05, 4.69) is 15.5 Å². The Balaban J connectivity index is 0.00000245. The monoisotopic (exact) mass is 452 g/mol. The van der Waals surface area contributed by atoms with Crippen LogP contribution in [0.2, 0.25) is 0 Å². The van der Waals surface area contributed by atoms with Gasteiger partial charge in [0.25, 0.3) is 11.8 Å². The molecule has 5 rings (SSSR count). The number of halogens is 1. The van der Waals surface area contributed by atoms with E-state index < -0.39 is 0 Å². The van der Waals surface area contributed by atoms with Crippen molar-refractivity contribution in [2.45, 2.75) is 25.7 Å². The highest BCUT2D eigenvalue weighted by Gasteiger charge is 2.30. The molecule has 32 heavy (non-hydrogen) atoms. The van der Waals surface area contributed by atoms with Crippen LogP contribution in [0, 0.1) is 11.8 Å². The molecule has 0 atom stereocenters. The van der Waals surface area contributed by atoms with Crippen molar-refractivity contribution in [2.75, 3.05) is 26.2 Å². The number of piperidine rings is 2. The van der Waals surface area contributed by atoms with E-state index in [1.165, 1.54) is 12.8 Å². The molecule has 2 aliphatic heterocycles. The lowest BCUT2D eigenvalue weighted by atomic mass is 9.79. The van der Waals surface area contributed by atoms with Crippen LogP contribution < -0.4 is 5.32 Å². The molecule has 2 fully saturated rings. The third kappa shape index (κ3) is 4.71. The van der Waals surface area contributed by atoms with E-state index in [1.54, 1.807) is 0 Å². The number of benzene rings is 2. The molecule has 3 heterocycles. The normalized spacial score (nSPS) is 17.7. The fraction of sp³-hybridized carbons (Fsp3) is 0.400. The van der Waals surface area contributed by atoms with Crippen LogP contribution in [-0.2, 0) is 0 Å². The number of amides is 1. The lowest BCUT2D eigenvalue weighted by molar-refractivity contribution is 0.0642. The minimum Gasteiger partial charge on any atom is -0.339 e. The zero-order valence-electron chi connectivity index (χ0n) is 18.1. The summed E-state index contributed by atoms with van der Waals surface area (Å²) in [4.78, 5) is 19.9. The van der Waals surface area contributed by atoms with Crippen LogP contribution in [-0.4, -0.2) is 47.1 Å². The lowest BCUT2D eigenvalue weighted by Crippen LogP contribution is -2.42. The third-order valence-corrected chi connectivity index (χ3v) is 6.72. The lowest BCUT2D eigenvalue weighted by Gasteiger charge is -2.38. The minimum atomic E-state index is 0. The molecule has 0 unspecified atom stereocenters. The van der Waals surface area contributed by atoms with E-state index in [1.807, 2.05) is 59.5 Å². The van der Waals surface area contributed by atoms with Crippen LogP contribution in [0.5, 0.6) is 0 Å². The molecule has 3 aromatic rings. The number of hydrogen-bond donors (Lipinski definition) is 1. The topological polar surface area (TPSA) is 71.3 Å². The highest BCUT2D eigenvalue weighted by atomic mass is 35.5. The van der Waals surface area contributed by atoms with E-state index in [9.17, 15) is 4.79 Å². The molecule has 1 N–H and O–H groups in total. The van der Waals surface area contributed by atoms with Gasteiger partial charge >= 0.3 is 0 Å². The highest BCUT2D eigenvalue weighted by Crippen LogP contribution is 2.32. The first kappa shape index (κ1) is 22.5. The molecule has 0 aliphatic carbocycles. The van der Waals surface area contributed by atoms with Gasteiger partial charge in [-0.05, 0) is 62.7 Å². The van der Waals surface area contributed by atoms with Gasteiger partial charge in [-0.2, -0.15) is 4.98 Å². The SMILES string of the molecule is Cl.O=C(c1ccccc1-c1nc(-c2ccccc2)no1)N1CCC(C2CCNCC2)CC1. The number of nitrogens with zero attached hydrogens (tertiary/aromatic N) is 3. The molecule has 7 heteroatoms. The molecule has 1 amide bonds. The third-order valence-electron chi connectivity index (χ3n) is 6.72. The van der Waals surface area contributed by atoms with Gasteiger partial charge in [-0.3, -0.25) is 4.79 Å². The molecular weight excluding hydrogens is 424 g/mol. The highest BCUT2D eigenvalue weighted by molar-refractivity contribution is 6.00. The van der Waals surface area contributed by atoms with Crippen LogP contribution in [0.3, 0.4) is 0 Å². The van der Waals surface area contributed by atoms with Gasteiger partial charge in [0.2, 0.25) is 5.82 Å². The Kier molecular flexibility index (Phi) is 7.22. The van der Waals surface area contributed by atoms with Gasteiger partial charge in [0.15, 0.2) is 0 Å². The maximum Gasteiger partial charge on any atom is 0.259 e. The van der Waals surface area contributed by atoms with Crippen molar-refractivity contribution in [2.24, 2.45) is 11.8 Å². The smallest absolute Gasteiger partial charge is 0.259 e. The molecule has 0 saturated carbocycles. The second kappa shape index (κ2) is 10.3. The van der Waals surface area contributed by atoms with E-state index in [0.29, 0.717) is 22.8 Å². The summed E-state index contributed by atoms with van der Waals surface area (Å²) in [6, 6.07) is 17.3. The Labute approximate surface area is 194 Å². The Morgan fingerprint density at radius 2 is 1.56 bits per heavy atom. The number of rotatable bonds is 4. The van der Waals surface area contributed by atoms with E-state index in [4.69, 9.17) is 4.52 Å². The second-order valence-corrected chi connectivity index (χ2v) is 8.55. The fourth-order valence-corrected chi connectivity index (χ4v) is 4.95. The molecule has 0 radical (unpaired) electrons. The maximum absolute atomic E-state index is 13.4.